The van der Waals surface area contributed by atoms with Gasteiger partial charge in [-0.1, -0.05) is 0 Å². The Morgan fingerprint density at radius 1 is 1.11 bits per heavy atom. The van der Waals surface area contributed by atoms with Gasteiger partial charge in [0.15, 0.2) is 11.6 Å². The lowest BCUT2D eigenvalue weighted by Gasteiger charge is -2.08. The number of benzene rings is 1. The number of rotatable bonds is 4. The first kappa shape index (κ1) is 13.1. The summed E-state index contributed by atoms with van der Waals surface area (Å²) in [6.45, 7) is 2.50. The molecule has 0 saturated carbocycles. The molecule has 7 heteroatoms. The number of nitrogens with zero attached hydrogens (tertiary/aromatic N) is 2. The molecule has 0 saturated heterocycles. The van der Waals surface area contributed by atoms with E-state index in [9.17, 15) is 13.2 Å². The van der Waals surface area contributed by atoms with Crippen LogP contribution in [0.15, 0.2) is 24.4 Å². The summed E-state index contributed by atoms with van der Waals surface area (Å²) in [4.78, 5) is 7.97. The van der Waals surface area contributed by atoms with E-state index in [0.29, 0.717) is 18.6 Å². The standard InChI is InChI=1S/C12H11F3N4/c1-2-16-12-17-4-3-11(19-12)18-10-6-8(14)7(13)5-9(10)15/h3-6H,2H2,1H3,(H2,16,17,18,19). The van der Waals surface area contributed by atoms with Gasteiger partial charge in [0.05, 0.1) is 5.69 Å². The maximum atomic E-state index is 13.4. The molecule has 0 aliphatic rings. The van der Waals surface area contributed by atoms with Crippen LogP contribution in [-0.2, 0) is 0 Å². The van der Waals surface area contributed by atoms with Gasteiger partial charge in [0.1, 0.15) is 11.6 Å². The van der Waals surface area contributed by atoms with Crippen molar-refractivity contribution in [2.45, 2.75) is 6.92 Å². The molecule has 19 heavy (non-hydrogen) atoms. The Hall–Kier alpha value is -2.31. The van der Waals surface area contributed by atoms with Crippen molar-refractivity contribution in [2.75, 3.05) is 17.2 Å². The van der Waals surface area contributed by atoms with Gasteiger partial charge in [0.2, 0.25) is 5.95 Å². The molecule has 0 fully saturated rings. The van der Waals surface area contributed by atoms with Gasteiger partial charge in [-0.15, -0.1) is 0 Å². The van der Waals surface area contributed by atoms with Crippen molar-refractivity contribution >= 4 is 17.5 Å². The van der Waals surface area contributed by atoms with Gasteiger partial charge in [-0.3, -0.25) is 0 Å². The highest BCUT2D eigenvalue weighted by Gasteiger charge is 2.10. The van der Waals surface area contributed by atoms with Crippen LogP contribution in [0.4, 0.5) is 30.6 Å². The van der Waals surface area contributed by atoms with E-state index in [1.165, 1.54) is 12.3 Å². The van der Waals surface area contributed by atoms with E-state index in [-0.39, 0.29) is 11.5 Å². The van der Waals surface area contributed by atoms with E-state index in [2.05, 4.69) is 20.6 Å². The van der Waals surface area contributed by atoms with Gasteiger partial charge in [0, 0.05) is 24.9 Å². The molecule has 2 rings (SSSR count). The van der Waals surface area contributed by atoms with E-state index in [1.54, 1.807) is 0 Å². The Balaban J connectivity index is 2.25. The van der Waals surface area contributed by atoms with Gasteiger partial charge >= 0.3 is 0 Å². The van der Waals surface area contributed by atoms with Crippen LogP contribution >= 0.6 is 0 Å². The van der Waals surface area contributed by atoms with Crippen LogP contribution < -0.4 is 10.6 Å². The zero-order valence-corrected chi connectivity index (χ0v) is 10.0. The summed E-state index contributed by atoms with van der Waals surface area (Å²) in [5.41, 5.74) is -0.194. The number of hydrogen-bond acceptors (Lipinski definition) is 4. The molecule has 0 amide bonds. The number of nitrogens with one attached hydrogen (secondary N) is 2. The summed E-state index contributed by atoms with van der Waals surface area (Å²) >= 11 is 0. The first-order valence-corrected chi connectivity index (χ1v) is 5.58. The molecular weight excluding hydrogens is 257 g/mol. The Labute approximate surface area is 107 Å². The molecular formula is C12H11F3N4. The number of anilines is 3. The van der Waals surface area contributed by atoms with Gasteiger partial charge in [-0.2, -0.15) is 4.98 Å². The van der Waals surface area contributed by atoms with Crippen LogP contribution in [0.25, 0.3) is 0 Å². The monoisotopic (exact) mass is 268 g/mol. The third-order valence-electron chi connectivity index (χ3n) is 2.26. The lowest BCUT2D eigenvalue weighted by Crippen LogP contribution is -2.04. The molecule has 0 aliphatic carbocycles. The quantitative estimate of drug-likeness (QED) is 0.837. The molecule has 1 aromatic carbocycles. The molecule has 0 radical (unpaired) electrons. The van der Waals surface area contributed by atoms with Crippen LogP contribution in [0.3, 0.4) is 0 Å². The minimum atomic E-state index is -1.24. The number of hydrogen-bond donors (Lipinski definition) is 2. The summed E-state index contributed by atoms with van der Waals surface area (Å²) in [5, 5.41) is 5.45. The molecule has 0 aliphatic heterocycles. The normalized spacial score (nSPS) is 10.3. The largest absolute Gasteiger partial charge is 0.354 e. The van der Waals surface area contributed by atoms with Crippen molar-refractivity contribution in [3.05, 3.63) is 41.8 Å². The van der Waals surface area contributed by atoms with Crippen LogP contribution in [0.1, 0.15) is 6.92 Å². The van der Waals surface area contributed by atoms with Crippen LogP contribution in [0.5, 0.6) is 0 Å². The Morgan fingerprint density at radius 3 is 2.58 bits per heavy atom. The Morgan fingerprint density at radius 2 is 1.84 bits per heavy atom. The van der Waals surface area contributed by atoms with Crippen LogP contribution in [-0.4, -0.2) is 16.5 Å². The van der Waals surface area contributed by atoms with Crippen molar-refractivity contribution < 1.29 is 13.2 Å². The maximum Gasteiger partial charge on any atom is 0.224 e. The third kappa shape index (κ3) is 3.12. The average molecular weight is 268 g/mol. The fourth-order valence-electron chi connectivity index (χ4n) is 1.43. The lowest BCUT2D eigenvalue weighted by atomic mass is 10.3. The topological polar surface area (TPSA) is 49.8 Å². The highest BCUT2D eigenvalue weighted by atomic mass is 19.2. The second-order valence-corrected chi connectivity index (χ2v) is 3.67. The van der Waals surface area contributed by atoms with Gasteiger partial charge in [0.25, 0.3) is 0 Å². The van der Waals surface area contributed by atoms with Crippen LogP contribution in [0, 0.1) is 17.5 Å². The molecule has 0 unspecified atom stereocenters. The molecule has 1 heterocycles. The fourth-order valence-corrected chi connectivity index (χ4v) is 1.43. The van der Waals surface area contributed by atoms with E-state index < -0.39 is 17.5 Å². The highest BCUT2D eigenvalue weighted by molar-refractivity contribution is 5.57. The predicted octanol–water partition coefficient (Wildman–Crippen LogP) is 3.07. The maximum absolute atomic E-state index is 13.4. The first-order chi connectivity index (χ1) is 9.10. The van der Waals surface area contributed by atoms with Crippen molar-refractivity contribution in [3.63, 3.8) is 0 Å². The van der Waals surface area contributed by atoms with Crippen molar-refractivity contribution in [3.8, 4) is 0 Å². The summed E-state index contributed by atoms with van der Waals surface area (Å²) < 4.78 is 39.3. The Bertz CT molecular complexity index is 589. The summed E-state index contributed by atoms with van der Waals surface area (Å²) in [7, 11) is 0. The molecule has 4 nitrogen and oxygen atoms in total. The summed E-state index contributed by atoms with van der Waals surface area (Å²) in [5.74, 6) is -2.64. The number of aromatic nitrogens is 2. The van der Waals surface area contributed by atoms with Crippen molar-refractivity contribution in [1.29, 1.82) is 0 Å². The Kier molecular flexibility index (Phi) is 3.84. The van der Waals surface area contributed by atoms with Crippen molar-refractivity contribution in [1.82, 2.24) is 9.97 Å². The smallest absolute Gasteiger partial charge is 0.224 e. The predicted molar refractivity (Wildman–Crippen MR) is 65.8 cm³/mol. The molecule has 0 spiro atoms. The molecule has 0 bridgehead atoms. The van der Waals surface area contributed by atoms with Gasteiger partial charge in [-0.25, -0.2) is 18.2 Å². The van der Waals surface area contributed by atoms with Gasteiger partial charge in [-0.05, 0) is 13.0 Å². The molecule has 100 valence electrons. The second kappa shape index (κ2) is 5.55. The van der Waals surface area contributed by atoms with Gasteiger partial charge < -0.3 is 10.6 Å². The molecule has 1 aromatic heterocycles. The summed E-state index contributed by atoms with van der Waals surface area (Å²) in [6, 6.07) is 2.70. The number of halogens is 3. The minimum Gasteiger partial charge on any atom is -0.354 e. The lowest BCUT2D eigenvalue weighted by molar-refractivity contribution is 0.496. The molecule has 0 atom stereocenters. The zero-order chi connectivity index (χ0) is 13.8. The van der Waals surface area contributed by atoms with Crippen LogP contribution in [0.2, 0.25) is 0 Å². The van der Waals surface area contributed by atoms with Crippen molar-refractivity contribution in [2.24, 2.45) is 0 Å². The summed E-state index contributed by atoms with van der Waals surface area (Å²) in [6.07, 6.45) is 1.46. The zero-order valence-electron chi connectivity index (χ0n) is 10.0. The van der Waals surface area contributed by atoms with E-state index >= 15 is 0 Å². The van der Waals surface area contributed by atoms with E-state index in [0.717, 1.165) is 6.07 Å². The first-order valence-electron chi connectivity index (χ1n) is 5.58. The minimum absolute atomic E-state index is 0.194. The second-order valence-electron chi connectivity index (χ2n) is 3.67. The molecule has 2 aromatic rings. The average Bonchev–Trinajstić information content (AvgIpc) is 2.37. The highest BCUT2D eigenvalue weighted by Crippen LogP contribution is 2.21. The SMILES string of the molecule is CCNc1nccc(Nc2cc(F)c(F)cc2F)n1. The van der Waals surface area contributed by atoms with E-state index in [4.69, 9.17) is 0 Å². The van der Waals surface area contributed by atoms with E-state index in [1.807, 2.05) is 6.92 Å². The fraction of sp³-hybridized carbons (Fsp3) is 0.167. The molecule has 2 N–H and O–H groups in total. The third-order valence-corrected chi connectivity index (χ3v) is 2.26.